The Hall–Kier alpha value is -1.06. The molecule has 0 bridgehead atoms. The van der Waals surface area contributed by atoms with E-state index in [9.17, 15) is 9.59 Å². The monoisotopic (exact) mass is 308 g/mol. The zero-order chi connectivity index (χ0) is 16.3. The lowest BCUT2D eigenvalue weighted by Crippen LogP contribution is -2.50. The van der Waals surface area contributed by atoms with Gasteiger partial charge in [0.2, 0.25) is 11.8 Å². The lowest BCUT2D eigenvalue weighted by molar-refractivity contribution is -0.146. The van der Waals surface area contributed by atoms with Gasteiger partial charge in [-0.3, -0.25) is 9.59 Å². The fraction of sp³-hybridized carbons (Fsp3) is 0.889. The van der Waals surface area contributed by atoms with Crippen LogP contribution in [0.4, 0.5) is 0 Å². The Morgan fingerprint density at radius 2 is 1.64 bits per heavy atom. The topological polar surface area (TPSA) is 40.6 Å². The molecule has 4 heteroatoms. The first-order chi connectivity index (χ1) is 10.3. The van der Waals surface area contributed by atoms with Crippen LogP contribution in [0.2, 0.25) is 0 Å². The lowest BCUT2D eigenvalue weighted by atomic mass is 9.89. The fourth-order valence-corrected chi connectivity index (χ4v) is 3.75. The molecule has 2 amide bonds. The van der Waals surface area contributed by atoms with Gasteiger partial charge in [0.1, 0.15) is 0 Å². The van der Waals surface area contributed by atoms with E-state index in [4.69, 9.17) is 0 Å². The van der Waals surface area contributed by atoms with Crippen molar-refractivity contribution in [1.82, 2.24) is 9.80 Å². The van der Waals surface area contributed by atoms with E-state index < -0.39 is 0 Å². The van der Waals surface area contributed by atoms with Crippen LogP contribution >= 0.6 is 0 Å². The molecular formula is C18H32N2O2. The molecule has 2 rings (SSSR count). The van der Waals surface area contributed by atoms with Gasteiger partial charge in [-0.1, -0.05) is 27.7 Å². The van der Waals surface area contributed by atoms with Crippen molar-refractivity contribution in [3.05, 3.63) is 0 Å². The summed E-state index contributed by atoms with van der Waals surface area (Å²) in [6.45, 7) is 10.5. The predicted octanol–water partition coefficient (Wildman–Crippen LogP) is 3.06. The van der Waals surface area contributed by atoms with Crippen LogP contribution in [0.1, 0.15) is 66.2 Å². The van der Waals surface area contributed by atoms with Crippen LogP contribution < -0.4 is 0 Å². The summed E-state index contributed by atoms with van der Waals surface area (Å²) in [5.74, 6) is 0.674. The van der Waals surface area contributed by atoms with Crippen molar-refractivity contribution in [2.75, 3.05) is 19.6 Å². The average Bonchev–Trinajstić information content (AvgIpc) is 2.52. The highest BCUT2D eigenvalue weighted by molar-refractivity contribution is 5.83. The molecule has 0 N–H and O–H groups in total. The highest BCUT2D eigenvalue weighted by Gasteiger charge is 2.35. The summed E-state index contributed by atoms with van der Waals surface area (Å²) in [5.41, 5.74) is -0.322. The number of hydrogen-bond donors (Lipinski definition) is 0. The first kappa shape index (κ1) is 17.3. The van der Waals surface area contributed by atoms with Crippen molar-refractivity contribution < 1.29 is 9.59 Å². The molecular weight excluding hydrogens is 276 g/mol. The molecule has 0 aromatic carbocycles. The fourth-order valence-electron chi connectivity index (χ4n) is 3.75. The molecule has 1 atom stereocenters. The second kappa shape index (κ2) is 7.01. The van der Waals surface area contributed by atoms with E-state index in [-0.39, 0.29) is 17.2 Å². The molecule has 0 unspecified atom stereocenters. The number of nitrogens with zero attached hydrogens (tertiary/aromatic N) is 2. The van der Waals surface area contributed by atoms with Gasteiger partial charge >= 0.3 is 0 Å². The Balaban J connectivity index is 1.91. The van der Waals surface area contributed by atoms with Gasteiger partial charge < -0.3 is 9.80 Å². The summed E-state index contributed by atoms with van der Waals surface area (Å²) >= 11 is 0. The molecule has 0 spiro atoms. The molecule has 126 valence electrons. The summed E-state index contributed by atoms with van der Waals surface area (Å²) in [5, 5.41) is 0. The Morgan fingerprint density at radius 3 is 2.18 bits per heavy atom. The van der Waals surface area contributed by atoms with Crippen LogP contribution in [0.5, 0.6) is 0 Å². The Labute approximate surface area is 135 Å². The molecule has 2 heterocycles. The van der Waals surface area contributed by atoms with Gasteiger partial charge in [0.25, 0.3) is 0 Å². The van der Waals surface area contributed by atoms with Crippen LogP contribution in [0.3, 0.4) is 0 Å². The van der Waals surface area contributed by atoms with E-state index in [0.29, 0.717) is 11.9 Å². The van der Waals surface area contributed by atoms with Crippen molar-refractivity contribution in [3.63, 3.8) is 0 Å². The van der Waals surface area contributed by atoms with Gasteiger partial charge in [-0.15, -0.1) is 0 Å². The van der Waals surface area contributed by atoms with E-state index in [1.54, 1.807) is 0 Å². The largest absolute Gasteiger partial charge is 0.342 e. The minimum atomic E-state index is -0.322. The van der Waals surface area contributed by atoms with Gasteiger partial charge in [-0.2, -0.15) is 0 Å². The second-order valence-corrected chi connectivity index (χ2v) is 7.91. The lowest BCUT2D eigenvalue weighted by Gasteiger charge is -2.40. The van der Waals surface area contributed by atoms with E-state index in [2.05, 4.69) is 11.8 Å². The van der Waals surface area contributed by atoms with Crippen LogP contribution in [0.25, 0.3) is 0 Å². The Morgan fingerprint density at radius 1 is 1.00 bits per heavy atom. The number of piperidine rings is 2. The quantitative estimate of drug-likeness (QED) is 0.786. The van der Waals surface area contributed by atoms with Crippen molar-refractivity contribution in [1.29, 1.82) is 0 Å². The van der Waals surface area contributed by atoms with E-state index in [0.717, 1.165) is 51.7 Å². The molecule has 0 saturated carbocycles. The summed E-state index contributed by atoms with van der Waals surface area (Å²) in [4.78, 5) is 29.2. The van der Waals surface area contributed by atoms with Crippen LogP contribution in [0.15, 0.2) is 0 Å². The molecule has 0 aromatic rings. The molecule has 0 radical (unpaired) electrons. The SMILES string of the molecule is CC[C@H]1CCCCN1C(=O)C1CCN(C(=O)C(C)(C)C)CC1. The molecule has 2 aliphatic rings. The number of carbonyl (C=O) groups excluding carboxylic acids is 2. The molecule has 2 saturated heterocycles. The van der Waals surface area contributed by atoms with Crippen molar-refractivity contribution in [3.8, 4) is 0 Å². The molecule has 22 heavy (non-hydrogen) atoms. The third kappa shape index (κ3) is 3.82. The smallest absolute Gasteiger partial charge is 0.227 e. The van der Waals surface area contributed by atoms with Crippen LogP contribution in [-0.2, 0) is 9.59 Å². The summed E-state index contributed by atoms with van der Waals surface area (Å²) in [6.07, 6.45) is 6.27. The maximum absolute atomic E-state index is 12.8. The van der Waals surface area contributed by atoms with Gasteiger partial charge in [0, 0.05) is 37.0 Å². The number of carbonyl (C=O) groups is 2. The molecule has 2 aliphatic heterocycles. The maximum atomic E-state index is 12.8. The van der Waals surface area contributed by atoms with Gasteiger partial charge in [-0.05, 0) is 38.5 Å². The van der Waals surface area contributed by atoms with Crippen LogP contribution in [-0.4, -0.2) is 47.3 Å². The molecule has 2 fully saturated rings. The number of rotatable bonds is 2. The van der Waals surface area contributed by atoms with Gasteiger partial charge in [-0.25, -0.2) is 0 Å². The van der Waals surface area contributed by atoms with E-state index in [1.165, 1.54) is 6.42 Å². The number of amides is 2. The van der Waals surface area contributed by atoms with Crippen LogP contribution in [0, 0.1) is 11.3 Å². The highest BCUT2D eigenvalue weighted by atomic mass is 16.2. The first-order valence-electron chi connectivity index (χ1n) is 8.94. The summed E-state index contributed by atoms with van der Waals surface area (Å²) in [7, 11) is 0. The Kier molecular flexibility index (Phi) is 5.51. The predicted molar refractivity (Wildman–Crippen MR) is 88.4 cm³/mol. The molecule has 0 aromatic heterocycles. The Bertz CT molecular complexity index is 406. The normalized spacial score (nSPS) is 24.5. The third-order valence-corrected chi connectivity index (χ3v) is 5.15. The highest BCUT2D eigenvalue weighted by Crippen LogP contribution is 2.28. The third-order valence-electron chi connectivity index (χ3n) is 5.15. The van der Waals surface area contributed by atoms with Crippen molar-refractivity contribution >= 4 is 11.8 Å². The number of likely N-dealkylation sites (tertiary alicyclic amines) is 2. The zero-order valence-corrected chi connectivity index (χ0v) is 14.7. The summed E-state index contributed by atoms with van der Waals surface area (Å²) in [6, 6.07) is 0.440. The standard InChI is InChI=1S/C18H32N2O2/c1-5-15-8-6-7-11-20(15)16(21)14-9-12-19(13-10-14)17(22)18(2,3)4/h14-15H,5-13H2,1-4H3/t15-/m0/s1. The van der Waals surface area contributed by atoms with Crippen molar-refractivity contribution in [2.24, 2.45) is 11.3 Å². The van der Waals surface area contributed by atoms with Gasteiger partial charge in [0.05, 0.1) is 0 Å². The maximum Gasteiger partial charge on any atom is 0.227 e. The average molecular weight is 308 g/mol. The summed E-state index contributed by atoms with van der Waals surface area (Å²) < 4.78 is 0. The minimum Gasteiger partial charge on any atom is -0.342 e. The van der Waals surface area contributed by atoms with E-state index in [1.807, 2.05) is 25.7 Å². The van der Waals surface area contributed by atoms with Crippen molar-refractivity contribution in [2.45, 2.75) is 72.3 Å². The first-order valence-corrected chi connectivity index (χ1v) is 8.94. The minimum absolute atomic E-state index is 0.121. The van der Waals surface area contributed by atoms with E-state index >= 15 is 0 Å². The zero-order valence-electron chi connectivity index (χ0n) is 14.7. The van der Waals surface area contributed by atoms with Gasteiger partial charge in [0.15, 0.2) is 0 Å². The molecule has 4 nitrogen and oxygen atoms in total. The molecule has 0 aliphatic carbocycles. The number of hydrogen-bond acceptors (Lipinski definition) is 2. The second-order valence-electron chi connectivity index (χ2n) is 7.91.